The maximum atomic E-state index is 12.4. The normalized spacial score (nSPS) is 22.4. The van der Waals surface area contributed by atoms with Crippen molar-refractivity contribution >= 4 is 17.5 Å². The maximum absolute atomic E-state index is 12.4. The fourth-order valence-corrected chi connectivity index (χ4v) is 3.57. The Bertz CT molecular complexity index is 626. The highest BCUT2D eigenvalue weighted by molar-refractivity contribution is 6.00. The summed E-state index contributed by atoms with van der Waals surface area (Å²) < 4.78 is 11.1. The quantitative estimate of drug-likeness (QED) is 0.674. The maximum Gasteiger partial charge on any atom is 0.227 e. The van der Waals surface area contributed by atoms with Crippen LogP contribution in [0.1, 0.15) is 38.2 Å². The van der Waals surface area contributed by atoms with Gasteiger partial charge in [0.15, 0.2) is 0 Å². The van der Waals surface area contributed by atoms with Crippen LogP contribution in [0.25, 0.3) is 0 Å². The zero-order chi connectivity index (χ0) is 19.1. The molecule has 1 aromatic carbocycles. The van der Waals surface area contributed by atoms with Crippen molar-refractivity contribution in [2.75, 3.05) is 37.8 Å². The van der Waals surface area contributed by atoms with Gasteiger partial charge in [-0.25, -0.2) is 0 Å². The first-order chi connectivity index (χ1) is 13.2. The van der Waals surface area contributed by atoms with Gasteiger partial charge in [0.25, 0.3) is 0 Å². The second kappa shape index (κ2) is 9.85. The molecule has 0 aromatic heterocycles. The van der Waals surface area contributed by atoms with E-state index in [1.807, 2.05) is 24.3 Å². The summed E-state index contributed by atoms with van der Waals surface area (Å²) >= 11 is 0. The van der Waals surface area contributed by atoms with Crippen molar-refractivity contribution in [1.29, 1.82) is 0 Å². The Morgan fingerprint density at radius 1 is 1.33 bits per heavy atom. The summed E-state index contributed by atoms with van der Waals surface area (Å²) in [4.78, 5) is 26.4. The van der Waals surface area contributed by atoms with Gasteiger partial charge in [-0.15, -0.1) is 0 Å². The smallest absolute Gasteiger partial charge is 0.227 e. The highest BCUT2D eigenvalue weighted by Gasteiger charge is 2.34. The van der Waals surface area contributed by atoms with Crippen LogP contribution in [0.2, 0.25) is 0 Å². The van der Waals surface area contributed by atoms with Crippen LogP contribution >= 0.6 is 0 Å². The number of ether oxygens (including phenoxy) is 2. The SMILES string of the molecule is CCc1ccc(N2CC(C(=O)NCCCOCC3CCCO3)CC2=O)cc1. The second-order valence-electron chi connectivity index (χ2n) is 7.28. The van der Waals surface area contributed by atoms with Crippen LogP contribution in [0.3, 0.4) is 0 Å². The van der Waals surface area contributed by atoms with Gasteiger partial charge < -0.3 is 19.7 Å². The summed E-state index contributed by atoms with van der Waals surface area (Å²) in [6.45, 7) is 5.20. The van der Waals surface area contributed by atoms with Crippen LogP contribution in [0.15, 0.2) is 24.3 Å². The monoisotopic (exact) mass is 374 g/mol. The number of carbonyl (C=O) groups excluding carboxylic acids is 2. The summed E-state index contributed by atoms with van der Waals surface area (Å²) in [7, 11) is 0. The molecule has 3 rings (SSSR count). The number of hydrogen-bond acceptors (Lipinski definition) is 4. The van der Waals surface area contributed by atoms with Gasteiger partial charge in [-0.3, -0.25) is 9.59 Å². The minimum absolute atomic E-state index is 0.0132. The van der Waals surface area contributed by atoms with Crippen molar-refractivity contribution < 1.29 is 19.1 Å². The lowest BCUT2D eigenvalue weighted by atomic mass is 10.1. The number of aryl methyl sites for hydroxylation is 1. The highest BCUT2D eigenvalue weighted by Crippen LogP contribution is 2.25. The van der Waals surface area contributed by atoms with Gasteiger partial charge >= 0.3 is 0 Å². The van der Waals surface area contributed by atoms with Gasteiger partial charge in [0.05, 0.1) is 18.6 Å². The lowest BCUT2D eigenvalue weighted by Gasteiger charge is -2.17. The summed E-state index contributed by atoms with van der Waals surface area (Å²) in [5.41, 5.74) is 2.11. The van der Waals surface area contributed by atoms with E-state index in [4.69, 9.17) is 9.47 Å². The van der Waals surface area contributed by atoms with E-state index in [0.717, 1.165) is 38.0 Å². The Labute approximate surface area is 161 Å². The van der Waals surface area contributed by atoms with E-state index in [0.29, 0.717) is 26.3 Å². The third-order valence-corrected chi connectivity index (χ3v) is 5.24. The molecule has 2 aliphatic rings. The Kier molecular flexibility index (Phi) is 7.24. The van der Waals surface area contributed by atoms with Crippen LogP contribution in [-0.4, -0.2) is 50.8 Å². The standard InChI is InChI=1S/C21H30N2O4/c1-2-16-6-8-18(9-7-16)23-14-17(13-20(23)24)21(25)22-10-4-11-26-15-19-5-3-12-27-19/h6-9,17,19H,2-5,10-15H2,1H3,(H,22,25). The van der Waals surface area contributed by atoms with E-state index in [2.05, 4.69) is 12.2 Å². The van der Waals surface area contributed by atoms with Gasteiger partial charge in [-0.1, -0.05) is 19.1 Å². The first-order valence-corrected chi connectivity index (χ1v) is 10.0. The molecule has 6 heteroatoms. The topological polar surface area (TPSA) is 67.9 Å². The first kappa shape index (κ1) is 19.8. The molecule has 2 atom stereocenters. The molecule has 0 saturated carbocycles. The Morgan fingerprint density at radius 3 is 2.85 bits per heavy atom. The van der Waals surface area contributed by atoms with E-state index < -0.39 is 0 Å². The van der Waals surface area contributed by atoms with Gasteiger partial charge in [-0.2, -0.15) is 0 Å². The molecule has 2 saturated heterocycles. The van der Waals surface area contributed by atoms with Crippen LogP contribution in [0, 0.1) is 5.92 Å². The summed E-state index contributed by atoms with van der Waals surface area (Å²) in [5.74, 6) is -0.314. The van der Waals surface area contributed by atoms with Crippen molar-refractivity contribution in [1.82, 2.24) is 5.32 Å². The van der Waals surface area contributed by atoms with Crippen molar-refractivity contribution in [3.63, 3.8) is 0 Å². The lowest BCUT2D eigenvalue weighted by Crippen LogP contribution is -2.34. The Hall–Kier alpha value is -1.92. The number of hydrogen-bond donors (Lipinski definition) is 1. The van der Waals surface area contributed by atoms with Gasteiger partial charge in [-0.05, 0) is 43.4 Å². The third-order valence-electron chi connectivity index (χ3n) is 5.24. The molecule has 2 heterocycles. The molecule has 0 radical (unpaired) electrons. The molecule has 0 bridgehead atoms. The number of nitrogens with zero attached hydrogens (tertiary/aromatic N) is 1. The summed E-state index contributed by atoms with van der Waals surface area (Å²) in [6, 6.07) is 7.99. The molecule has 0 aliphatic carbocycles. The van der Waals surface area contributed by atoms with Gasteiger partial charge in [0.1, 0.15) is 0 Å². The van der Waals surface area contributed by atoms with E-state index in [1.165, 1.54) is 5.56 Å². The van der Waals surface area contributed by atoms with Crippen LogP contribution < -0.4 is 10.2 Å². The molecule has 2 unspecified atom stereocenters. The summed E-state index contributed by atoms with van der Waals surface area (Å²) in [5, 5.41) is 2.93. The van der Waals surface area contributed by atoms with Crippen LogP contribution in [-0.2, 0) is 25.5 Å². The molecule has 2 amide bonds. The molecule has 0 spiro atoms. The van der Waals surface area contributed by atoms with E-state index in [-0.39, 0.29) is 30.3 Å². The fourth-order valence-electron chi connectivity index (χ4n) is 3.57. The Morgan fingerprint density at radius 2 is 2.15 bits per heavy atom. The molecule has 1 aromatic rings. The van der Waals surface area contributed by atoms with Crippen molar-refractivity contribution in [3.8, 4) is 0 Å². The molecular weight excluding hydrogens is 344 g/mol. The minimum atomic E-state index is -0.281. The summed E-state index contributed by atoms with van der Waals surface area (Å²) in [6.07, 6.45) is 4.43. The number of carbonyl (C=O) groups is 2. The largest absolute Gasteiger partial charge is 0.379 e. The van der Waals surface area contributed by atoms with E-state index in [9.17, 15) is 9.59 Å². The first-order valence-electron chi connectivity index (χ1n) is 10.0. The number of anilines is 1. The predicted molar refractivity (Wildman–Crippen MR) is 104 cm³/mol. The Balaban J connectivity index is 1.35. The van der Waals surface area contributed by atoms with Gasteiger partial charge in [0.2, 0.25) is 11.8 Å². The molecule has 2 fully saturated rings. The molecule has 1 N–H and O–H groups in total. The average Bonchev–Trinajstić information content (AvgIpc) is 3.34. The average molecular weight is 374 g/mol. The van der Waals surface area contributed by atoms with Crippen LogP contribution in [0.4, 0.5) is 5.69 Å². The predicted octanol–water partition coefficient (Wildman–Crippen LogP) is 2.30. The number of benzene rings is 1. The number of nitrogens with one attached hydrogen (secondary N) is 1. The van der Waals surface area contributed by atoms with Crippen LogP contribution in [0.5, 0.6) is 0 Å². The fraction of sp³-hybridized carbons (Fsp3) is 0.619. The number of amides is 2. The molecule has 27 heavy (non-hydrogen) atoms. The van der Waals surface area contributed by atoms with Crippen molar-refractivity contribution in [2.24, 2.45) is 5.92 Å². The van der Waals surface area contributed by atoms with Crippen molar-refractivity contribution in [3.05, 3.63) is 29.8 Å². The number of rotatable bonds is 9. The second-order valence-corrected chi connectivity index (χ2v) is 7.28. The van der Waals surface area contributed by atoms with Crippen molar-refractivity contribution in [2.45, 2.75) is 45.1 Å². The molecule has 6 nitrogen and oxygen atoms in total. The highest BCUT2D eigenvalue weighted by atomic mass is 16.5. The molecule has 148 valence electrons. The van der Waals surface area contributed by atoms with Gasteiger partial charge in [0, 0.05) is 38.4 Å². The zero-order valence-corrected chi connectivity index (χ0v) is 16.1. The zero-order valence-electron chi connectivity index (χ0n) is 16.1. The lowest BCUT2D eigenvalue weighted by molar-refractivity contribution is -0.126. The van der Waals surface area contributed by atoms with E-state index >= 15 is 0 Å². The third kappa shape index (κ3) is 5.53. The minimum Gasteiger partial charge on any atom is -0.379 e. The molecule has 2 aliphatic heterocycles. The van der Waals surface area contributed by atoms with E-state index in [1.54, 1.807) is 4.90 Å². The molecular formula is C21H30N2O4.